The molecule has 0 saturated carbocycles. The molecule has 0 N–H and O–H groups in total. The molecule has 2 aliphatic heterocycles. The van der Waals surface area contributed by atoms with Crippen LogP contribution in [0.2, 0.25) is 5.02 Å². The van der Waals surface area contributed by atoms with Crippen molar-refractivity contribution in [2.24, 2.45) is 0 Å². The molecule has 4 nitrogen and oxygen atoms in total. The second kappa shape index (κ2) is 10.8. The van der Waals surface area contributed by atoms with E-state index in [2.05, 4.69) is 46.2 Å². The normalized spacial score (nSPS) is 15.8. The molecule has 0 spiro atoms. The summed E-state index contributed by atoms with van der Waals surface area (Å²) < 4.78 is 0. The monoisotopic (exact) mass is 483 g/mol. The molecule has 0 unspecified atom stereocenters. The highest BCUT2D eigenvalue weighted by Gasteiger charge is 2.28. The number of para-hydroxylation sites is 1. The number of carbonyl (C=O) groups is 1. The number of nitrogens with zero attached hydrogens (tertiary/aromatic N) is 3. The molecule has 5 rings (SSSR count). The maximum atomic E-state index is 12.9. The maximum absolute atomic E-state index is 12.9. The van der Waals surface area contributed by atoms with Gasteiger partial charge in [0, 0.05) is 43.7 Å². The fraction of sp³-hybridized carbons (Fsp3) is 0.370. The first kappa shape index (κ1) is 23.9. The second-order valence-electron chi connectivity index (χ2n) is 8.83. The zero-order valence-electron chi connectivity index (χ0n) is 18.9. The third-order valence-corrected chi connectivity index (χ3v) is 7.14. The summed E-state index contributed by atoms with van der Waals surface area (Å²) in [7, 11) is 0. The Hall–Kier alpha value is -2.27. The van der Waals surface area contributed by atoms with Crippen LogP contribution in [0.25, 0.3) is 10.8 Å². The standard InChI is InChI=1S/C27H30ClN3O.ClH/c28-23-12-3-4-13-24(23)30-19-17-29(18-20-30)15-5-1-2-6-16-31-25-14-8-10-21-9-7-11-22(26(21)25)27(31)32;/h3-4,7-14H,1-2,5-6,15-20H2;1H. The summed E-state index contributed by atoms with van der Waals surface area (Å²) in [6.45, 7) is 6.22. The number of halogens is 2. The van der Waals surface area contributed by atoms with Crippen LogP contribution in [0.15, 0.2) is 60.7 Å². The van der Waals surface area contributed by atoms with Gasteiger partial charge in [-0.15, -0.1) is 12.4 Å². The average molecular weight is 484 g/mol. The Morgan fingerprint density at radius 1 is 0.727 bits per heavy atom. The van der Waals surface area contributed by atoms with Crippen LogP contribution in [0.4, 0.5) is 11.4 Å². The van der Waals surface area contributed by atoms with E-state index in [-0.39, 0.29) is 18.3 Å². The Labute approximate surface area is 207 Å². The molecule has 6 heteroatoms. The summed E-state index contributed by atoms with van der Waals surface area (Å²) in [6, 6.07) is 20.4. The lowest BCUT2D eigenvalue weighted by molar-refractivity contribution is 0.0992. The van der Waals surface area contributed by atoms with Crippen molar-refractivity contribution in [3.05, 3.63) is 71.2 Å². The van der Waals surface area contributed by atoms with E-state index in [0.29, 0.717) is 0 Å². The van der Waals surface area contributed by atoms with Crippen molar-refractivity contribution in [1.82, 2.24) is 4.90 Å². The SMILES string of the molecule is Cl.O=C1c2cccc3cccc(c23)N1CCCCCCN1CCN(c2ccccc2Cl)CC1. The number of benzene rings is 3. The lowest BCUT2D eigenvalue weighted by Gasteiger charge is -2.36. The van der Waals surface area contributed by atoms with Gasteiger partial charge in [-0.25, -0.2) is 0 Å². The van der Waals surface area contributed by atoms with Gasteiger partial charge in [-0.3, -0.25) is 9.69 Å². The lowest BCUT2D eigenvalue weighted by atomic mass is 10.1. The first-order valence-electron chi connectivity index (χ1n) is 11.8. The minimum Gasteiger partial charge on any atom is -0.368 e. The van der Waals surface area contributed by atoms with E-state index < -0.39 is 0 Å². The number of hydrogen-bond acceptors (Lipinski definition) is 3. The van der Waals surface area contributed by atoms with Crippen LogP contribution in [0.1, 0.15) is 36.0 Å². The molecule has 0 bridgehead atoms. The maximum Gasteiger partial charge on any atom is 0.258 e. The highest BCUT2D eigenvalue weighted by molar-refractivity contribution is 6.33. The van der Waals surface area contributed by atoms with E-state index in [1.807, 2.05) is 29.2 Å². The number of piperazine rings is 1. The number of amides is 1. The van der Waals surface area contributed by atoms with Crippen LogP contribution in [0.5, 0.6) is 0 Å². The molecule has 0 aromatic heterocycles. The first-order chi connectivity index (χ1) is 15.7. The molecule has 0 aliphatic carbocycles. The zero-order valence-corrected chi connectivity index (χ0v) is 20.5. The van der Waals surface area contributed by atoms with Gasteiger partial charge >= 0.3 is 0 Å². The summed E-state index contributed by atoms with van der Waals surface area (Å²) in [6.07, 6.45) is 4.64. The smallest absolute Gasteiger partial charge is 0.258 e. The molecular formula is C27H31Cl2N3O. The number of anilines is 2. The van der Waals surface area contributed by atoms with Crippen molar-refractivity contribution in [2.45, 2.75) is 25.7 Å². The first-order valence-corrected chi connectivity index (χ1v) is 12.2. The molecule has 33 heavy (non-hydrogen) atoms. The summed E-state index contributed by atoms with van der Waals surface area (Å²) in [5.74, 6) is 0.160. The van der Waals surface area contributed by atoms with Crippen molar-refractivity contribution in [3.63, 3.8) is 0 Å². The van der Waals surface area contributed by atoms with Crippen LogP contribution >= 0.6 is 24.0 Å². The van der Waals surface area contributed by atoms with Crippen molar-refractivity contribution >= 4 is 52.1 Å². The minimum atomic E-state index is 0. The third kappa shape index (κ3) is 4.98. The fourth-order valence-electron chi connectivity index (χ4n) is 5.08. The van der Waals surface area contributed by atoms with E-state index >= 15 is 0 Å². The Kier molecular flexibility index (Phi) is 7.79. The quantitative estimate of drug-likeness (QED) is 0.353. The minimum absolute atomic E-state index is 0. The molecule has 3 aromatic rings. The molecule has 0 radical (unpaired) electrons. The summed E-state index contributed by atoms with van der Waals surface area (Å²) in [5.41, 5.74) is 3.09. The van der Waals surface area contributed by atoms with Gasteiger partial charge < -0.3 is 9.80 Å². The van der Waals surface area contributed by atoms with E-state index in [1.54, 1.807) is 0 Å². The van der Waals surface area contributed by atoms with Crippen molar-refractivity contribution in [1.29, 1.82) is 0 Å². The van der Waals surface area contributed by atoms with E-state index in [0.717, 1.165) is 84.8 Å². The molecule has 2 heterocycles. The Morgan fingerprint density at radius 3 is 2.15 bits per heavy atom. The molecule has 0 atom stereocenters. The van der Waals surface area contributed by atoms with Gasteiger partial charge in [0.1, 0.15) is 0 Å². The summed E-state index contributed by atoms with van der Waals surface area (Å²) >= 11 is 6.35. The van der Waals surface area contributed by atoms with Gasteiger partial charge in [0.05, 0.1) is 16.4 Å². The largest absolute Gasteiger partial charge is 0.368 e. The molecule has 2 aliphatic rings. The molecular weight excluding hydrogens is 453 g/mol. The molecule has 3 aromatic carbocycles. The second-order valence-corrected chi connectivity index (χ2v) is 9.24. The third-order valence-electron chi connectivity index (χ3n) is 6.82. The molecule has 1 fully saturated rings. The summed E-state index contributed by atoms with van der Waals surface area (Å²) in [4.78, 5) is 19.8. The number of hydrogen-bond donors (Lipinski definition) is 0. The van der Waals surface area contributed by atoms with Gasteiger partial charge in [-0.05, 0) is 49.0 Å². The van der Waals surface area contributed by atoms with E-state index in [4.69, 9.17) is 11.6 Å². The molecule has 174 valence electrons. The van der Waals surface area contributed by atoms with E-state index in [9.17, 15) is 4.79 Å². The topological polar surface area (TPSA) is 26.8 Å². The number of rotatable bonds is 8. The van der Waals surface area contributed by atoms with Gasteiger partial charge in [-0.2, -0.15) is 0 Å². The van der Waals surface area contributed by atoms with E-state index in [1.165, 1.54) is 12.8 Å². The molecule has 1 amide bonds. The van der Waals surface area contributed by atoms with Gasteiger partial charge in [0.25, 0.3) is 5.91 Å². The van der Waals surface area contributed by atoms with Crippen LogP contribution < -0.4 is 9.80 Å². The Morgan fingerprint density at radius 2 is 1.39 bits per heavy atom. The van der Waals surface area contributed by atoms with Gasteiger partial charge in [0.15, 0.2) is 0 Å². The van der Waals surface area contributed by atoms with Crippen molar-refractivity contribution in [3.8, 4) is 0 Å². The summed E-state index contributed by atoms with van der Waals surface area (Å²) in [5, 5.41) is 3.12. The van der Waals surface area contributed by atoms with Crippen LogP contribution in [-0.2, 0) is 0 Å². The lowest BCUT2D eigenvalue weighted by Crippen LogP contribution is -2.46. The zero-order chi connectivity index (χ0) is 21.9. The van der Waals surface area contributed by atoms with Crippen molar-refractivity contribution in [2.75, 3.05) is 49.1 Å². The molecule has 1 saturated heterocycles. The highest BCUT2D eigenvalue weighted by Crippen LogP contribution is 2.37. The Bertz CT molecular complexity index is 1110. The fourth-order valence-corrected chi connectivity index (χ4v) is 5.34. The predicted molar refractivity (Wildman–Crippen MR) is 141 cm³/mol. The Balaban J connectivity index is 0.00000259. The van der Waals surface area contributed by atoms with Crippen LogP contribution in [0.3, 0.4) is 0 Å². The van der Waals surface area contributed by atoms with Crippen LogP contribution in [0, 0.1) is 0 Å². The average Bonchev–Trinajstić information content (AvgIpc) is 3.10. The number of carbonyl (C=O) groups excluding carboxylic acids is 1. The highest BCUT2D eigenvalue weighted by atomic mass is 35.5. The van der Waals surface area contributed by atoms with Crippen molar-refractivity contribution < 1.29 is 4.79 Å². The predicted octanol–water partition coefficient (Wildman–Crippen LogP) is 6.26. The van der Waals surface area contributed by atoms with Gasteiger partial charge in [-0.1, -0.05) is 60.8 Å². The van der Waals surface area contributed by atoms with Crippen LogP contribution in [-0.4, -0.2) is 50.1 Å². The van der Waals surface area contributed by atoms with Gasteiger partial charge in [0.2, 0.25) is 0 Å². The number of unbranched alkanes of at least 4 members (excludes halogenated alkanes) is 3.